The van der Waals surface area contributed by atoms with Crippen LogP contribution in [0.15, 0.2) is 24.3 Å². The second kappa shape index (κ2) is 8.56. The molecule has 1 aromatic carbocycles. The van der Waals surface area contributed by atoms with Crippen molar-refractivity contribution in [2.24, 2.45) is 0 Å². The van der Waals surface area contributed by atoms with Crippen molar-refractivity contribution in [3.63, 3.8) is 0 Å². The van der Waals surface area contributed by atoms with Crippen LogP contribution in [0.1, 0.15) is 49.9 Å². The van der Waals surface area contributed by atoms with Crippen molar-refractivity contribution < 1.29 is 14.3 Å². The van der Waals surface area contributed by atoms with Crippen LogP contribution in [0.2, 0.25) is 0 Å². The first-order valence-corrected chi connectivity index (χ1v) is 8.45. The highest BCUT2D eigenvalue weighted by Crippen LogP contribution is 2.20. The Morgan fingerprint density at radius 1 is 1.17 bits per heavy atom. The van der Waals surface area contributed by atoms with Gasteiger partial charge in [-0.15, -0.1) is 0 Å². The highest BCUT2D eigenvalue weighted by Gasteiger charge is 2.22. The number of rotatable bonds is 5. The number of carbonyl (C=O) groups excluding carboxylic acids is 2. The number of carbonyl (C=O) groups is 2. The molecule has 0 unspecified atom stereocenters. The molecule has 1 atom stereocenters. The number of amides is 1. The van der Waals surface area contributed by atoms with Gasteiger partial charge in [0.2, 0.25) is 0 Å². The minimum absolute atomic E-state index is 0.0334. The van der Waals surface area contributed by atoms with E-state index in [2.05, 4.69) is 5.32 Å². The summed E-state index contributed by atoms with van der Waals surface area (Å²) in [7, 11) is 0. The molecule has 2 rings (SSSR count). The van der Waals surface area contributed by atoms with Crippen LogP contribution in [0.25, 0.3) is 0 Å². The minimum atomic E-state index is -0.493. The maximum Gasteiger partial charge on any atom is 0.328 e. The Hall–Kier alpha value is -2.04. The van der Waals surface area contributed by atoms with E-state index >= 15 is 0 Å². The lowest BCUT2D eigenvalue weighted by Gasteiger charge is -2.23. The van der Waals surface area contributed by atoms with Crippen LogP contribution in [-0.2, 0) is 9.53 Å². The first-order valence-electron chi connectivity index (χ1n) is 8.45. The zero-order chi connectivity index (χ0) is 16.7. The summed E-state index contributed by atoms with van der Waals surface area (Å²) in [5.74, 6) is -0.282. The lowest BCUT2D eigenvalue weighted by molar-refractivity contribution is -0.143. The van der Waals surface area contributed by atoms with Gasteiger partial charge in [-0.1, -0.05) is 25.0 Å². The maximum atomic E-state index is 12.8. The molecule has 1 aliphatic heterocycles. The molecule has 0 spiro atoms. The van der Waals surface area contributed by atoms with Crippen molar-refractivity contribution in [1.29, 1.82) is 0 Å². The number of likely N-dealkylation sites (tertiary alicyclic amines) is 1. The van der Waals surface area contributed by atoms with Crippen molar-refractivity contribution in [3.8, 4) is 0 Å². The normalized spacial score (nSPS) is 16.3. The molecule has 1 heterocycles. The summed E-state index contributed by atoms with van der Waals surface area (Å²) in [6.07, 6.45) is 4.48. The molecule has 5 nitrogen and oxygen atoms in total. The number of nitrogens with one attached hydrogen (secondary N) is 1. The van der Waals surface area contributed by atoms with Gasteiger partial charge in [0.1, 0.15) is 6.04 Å². The van der Waals surface area contributed by atoms with Gasteiger partial charge >= 0.3 is 5.97 Å². The molecule has 1 aliphatic rings. The Morgan fingerprint density at radius 2 is 1.83 bits per heavy atom. The number of esters is 1. The lowest BCUT2D eigenvalue weighted by atomic mass is 10.1. The van der Waals surface area contributed by atoms with E-state index in [1.54, 1.807) is 13.8 Å². The van der Waals surface area contributed by atoms with E-state index in [4.69, 9.17) is 4.74 Å². The smallest absolute Gasteiger partial charge is 0.328 e. The Kier molecular flexibility index (Phi) is 6.44. The number of hydrogen-bond acceptors (Lipinski definition) is 4. The zero-order valence-corrected chi connectivity index (χ0v) is 14.0. The highest BCUT2D eigenvalue weighted by molar-refractivity contribution is 6.00. The van der Waals surface area contributed by atoms with Gasteiger partial charge in [-0.25, -0.2) is 4.79 Å². The summed E-state index contributed by atoms with van der Waals surface area (Å²) in [5.41, 5.74) is 1.30. The Bertz CT molecular complexity index is 537. The average Bonchev–Trinajstić information content (AvgIpc) is 2.84. The van der Waals surface area contributed by atoms with Crippen molar-refractivity contribution in [2.45, 2.75) is 45.6 Å². The number of benzene rings is 1. The quantitative estimate of drug-likeness (QED) is 0.848. The molecule has 0 bridgehead atoms. The van der Waals surface area contributed by atoms with Crippen molar-refractivity contribution >= 4 is 17.6 Å². The van der Waals surface area contributed by atoms with E-state index in [1.165, 1.54) is 12.8 Å². The SMILES string of the molecule is CCOC(=O)[C@@H](C)Nc1ccccc1C(=O)N1CCCCCC1. The fourth-order valence-electron chi connectivity index (χ4n) is 2.80. The van der Waals surface area contributed by atoms with Crippen molar-refractivity contribution in [3.05, 3.63) is 29.8 Å². The van der Waals surface area contributed by atoms with Gasteiger partial charge in [0.15, 0.2) is 0 Å². The number of ether oxygens (including phenoxy) is 1. The molecule has 23 heavy (non-hydrogen) atoms. The molecule has 1 saturated heterocycles. The molecule has 0 aliphatic carbocycles. The van der Waals surface area contributed by atoms with Crippen LogP contribution in [0.5, 0.6) is 0 Å². The minimum Gasteiger partial charge on any atom is -0.464 e. The van der Waals surface area contributed by atoms with Crippen molar-refractivity contribution in [1.82, 2.24) is 4.90 Å². The Balaban J connectivity index is 2.13. The summed E-state index contributed by atoms with van der Waals surface area (Å²) in [5, 5.41) is 3.11. The summed E-state index contributed by atoms with van der Waals surface area (Å²) < 4.78 is 5.01. The molecule has 0 aromatic heterocycles. The van der Waals surface area contributed by atoms with Gasteiger partial charge in [-0.05, 0) is 38.8 Å². The van der Waals surface area contributed by atoms with E-state index in [-0.39, 0.29) is 11.9 Å². The molecule has 1 amide bonds. The molecule has 5 heteroatoms. The van der Waals surface area contributed by atoms with E-state index in [1.807, 2.05) is 29.2 Å². The predicted octanol–water partition coefficient (Wildman–Crippen LogP) is 3.07. The second-order valence-electron chi connectivity index (χ2n) is 5.87. The van der Waals surface area contributed by atoms with E-state index in [0.717, 1.165) is 25.9 Å². The van der Waals surface area contributed by atoms with Crippen LogP contribution in [0.4, 0.5) is 5.69 Å². The zero-order valence-electron chi connectivity index (χ0n) is 14.0. The Labute approximate surface area is 138 Å². The first-order chi connectivity index (χ1) is 11.1. The third kappa shape index (κ3) is 4.71. The molecule has 1 aromatic rings. The third-order valence-electron chi connectivity index (χ3n) is 4.06. The second-order valence-corrected chi connectivity index (χ2v) is 5.87. The summed E-state index contributed by atoms with van der Waals surface area (Å²) >= 11 is 0. The predicted molar refractivity (Wildman–Crippen MR) is 90.5 cm³/mol. The largest absolute Gasteiger partial charge is 0.464 e. The highest BCUT2D eigenvalue weighted by atomic mass is 16.5. The van der Waals surface area contributed by atoms with Gasteiger partial charge < -0.3 is 15.0 Å². The van der Waals surface area contributed by atoms with Gasteiger partial charge in [-0.3, -0.25) is 4.79 Å². The van der Waals surface area contributed by atoms with Gasteiger partial charge in [-0.2, -0.15) is 0 Å². The molecule has 1 N–H and O–H groups in total. The van der Waals surface area contributed by atoms with Crippen LogP contribution in [0, 0.1) is 0 Å². The lowest BCUT2D eigenvalue weighted by Crippen LogP contribution is -2.34. The topological polar surface area (TPSA) is 58.6 Å². The molecule has 126 valence electrons. The molecular weight excluding hydrogens is 292 g/mol. The first kappa shape index (κ1) is 17.3. The standard InChI is InChI=1S/C18H26N2O3/c1-3-23-18(22)14(2)19-16-11-7-6-10-15(16)17(21)20-12-8-4-5-9-13-20/h6-7,10-11,14,19H,3-5,8-9,12-13H2,1-2H3/t14-/m1/s1. The maximum absolute atomic E-state index is 12.8. The average molecular weight is 318 g/mol. The molecule has 0 saturated carbocycles. The number of hydrogen-bond donors (Lipinski definition) is 1. The third-order valence-corrected chi connectivity index (χ3v) is 4.06. The summed E-state index contributed by atoms with van der Waals surface area (Å²) in [6.45, 7) is 5.48. The van der Waals surface area contributed by atoms with E-state index in [0.29, 0.717) is 17.9 Å². The Morgan fingerprint density at radius 3 is 2.48 bits per heavy atom. The summed E-state index contributed by atoms with van der Waals surface area (Å²) in [6, 6.07) is 6.87. The summed E-state index contributed by atoms with van der Waals surface area (Å²) in [4.78, 5) is 26.5. The van der Waals surface area contributed by atoms with Crippen LogP contribution >= 0.6 is 0 Å². The monoisotopic (exact) mass is 318 g/mol. The van der Waals surface area contributed by atoms with Gasteiger partial charge in [0.25, 0.3) is 5.91 Å². The van der Waals surface area contributed by atoms with E-state index in [9.17, 15) is 9.59 Å². The van der Waals surface area contributed by atoms with Gasteiger partial charge in [0, 0.05) is 18.8 Å². The molecular formula is C18H26N2O3. The van der Waals surface area contributed by atoms with E-state index < -0.39 is 6.04 Å². The fraction of sp³-hybridized carbons (Fsp3) is 0.556. The van der Waals surface area contributed by atoms with Crippen molar-refractivity contribution in [2.75, 3.05) is 25.0 Å². The van der Waals surface area contributed by atoms with Crippen LogP contribution < -0.4 is 5.32 Å². The molecule has 1 fully saturated rings. The van der Waals surface area contributed by atoms with Crippen LogP contribution in [-0.4, -0.2) is 42.5 Å². The number of anilines is 1. The number of para-hydroxylation sites is 1. The number of nitrogens with zero attached hydrogens (tertiary/aromatic N) is 1. The van der Waals surface area contributed by atoms with Gasteiger partial charge in [0.05, 0.1) is 12.2 Å². The molecule has 0 radical (unpaired) electrons. The van der Waals surface area contributed by atoms with Crippen LogP contribution in [0.3, 0.4) is 0 Å². The fourth-order valence-corrected chi connectivity index (χ4v) is 2.80.